The van der Waals surface area contributed by atoms with Gasteiger partial charge in [-0.2, -0.15) is 0 Å². The minimum atomic E-state index is -0.278. The molecular weight excluding hydrogens is 315 g/mol. The van der Waals surface area contributed by atoms with Crippen molar-refractivity contribution in [3.05, 3.63) is 60.2 Å². The van der Waals surface area contributed by atoms with Crippen LogP contribution in [0.2, 0.25) is 0 Å². The molecule has 0 aliphatic heterocycles. The van der Waals surface area contributed by atoms with Crippen LogP contribution in [0.4, 0.5) is 4.39 Å². The first-order valence-electron chi connectivity index (χ1n) is 7.23. The van der Waals surface area contributed by atoms with Gasteiger partial charge in [-0.3, -0.25) is 9.78 Å². The SMILES string of the molecule is COCCN(Cc1ccncc1)C(=O)CSc1ccc(F)cc1. The molecular formula is C17H19FN2O2S. The van der Waals surface area contributed by atoms with E-state index in [1.165, 1.54) is 23.9 Å². The third-order valence-corrected chi connectivity index (χ3v) is 4.21. The van der Waals surface area contributed by atoms with Gasteiger partial charge in [0, 0.05) is 37.5 Å². The number of aromatic nitrogens is 1. The van der Waals surface area contributed by atoms with Gasteiger partial charge in [0.05, 0.1) is 12.4 Å². The molecule has 122 valence electrons. The Morgan fingerprint density at radius 2 is 1.91 bits per heavy atom. The van der Waals surface area contributed by atoms with Crippen LogP contribution in [0.1, 0.15) is 5.56 Å². The number of ether oxygens (including phenoxy) is 1. The van der Waals surface area contributed by atoms with Crippen molar-refractivity contribution in [2.24, 2.45) is 0 Å². The highest BCUT2D eigenvalue weighted by Gasteiger charge is 2.14. The van der Waals surface area contributed by atoms with Gasteiger partial charge in [0.15, 0.2) is 0 Å². The molecule has 1 heterocycles. The Bertz CT molecular complexity index is 608. The molecule has 0 fully saturated rings. The second-order valence-corrected chi connectivity index (χ2v) is 5.95. The summed E-state index contributed by atoms with van der Waals surface area (Å²) < 4.78 is 18.0. The van der Waals surface area contributed by atoms with Crippen molar-refractivity contribution in [2.45, 2.75) is 11.4 Å². The number of hydrogen-bond acceptors (Lipinski definition) is 4. The van der Waals surface area contributed by atoms with E-state index >= 15 is 0 Å². The Kier molecular flexibility index (Phi) is 7.03. The van der Waals surface area contributed by atoms with Gasteiger partial charge in [-0.25, -0.2) is 4.39 Å². The lowest BCUT2D eigenvalue weighted by atomic mass is 10.2. The molecule has 0 atom stereocenters. The van der Waals surface area contributed by atoms with Gasteiger partial charge in [-0.1, -0.05) is 0 Å². The fraction of sp³-hybridized carbons (Fsp3) is 0.294. The number of thioether (sulfide) groups is 1. The second kappa shape index (κ2) is 9.27. The number of carbonyl (C=O) groups excluding carboxylic acids is 1. The van der Waals surface area contributed by atoms with Crippen molar-refractivity contribution in [1.29, 1.82) is 0 Å². The van der Waals surface area contributed by atoms with E-state index in [2.05, 4.69) is 4.98 Å². The summed E-state index contributed by atoms with van der Waals surface area (Å²) in [6, 6.07) is 9.92. The fourth-order valence-corrected chi connectivity index (χ4v) is 2.77. The van der Waals surface area contributed by atoms with Gasteiger partial charge in [-0.15, -0.1) is 11.8 Å². The second-order valence-electron chi connectivity index (χ2n) is 4.91. The Labute approximate surface area is 139 Å². The van der Waals surface area contributed by atoms with E-state index in [1.54, 1.807) is 36.5 Å². The molecule has 0 aliphatic carbocycles. The number of halogens is 1. The average Bonchev–Trinajstić information content (AvgIpc) is 2.58. The lowest BCUT2D eigenvalue weighted by molar-refractivity contribution is -0.129. The molecule has 2 rings (SSSR count). The smallest absolute Gasteiger partial charge is 0.233 e. The predicted molar refractivity (Wildman–Crippen MR) is 88.7 cm³/mol. The van der Waals surface area contributed by atoms with Crippen molar-refractivity contribution in [3.8, 4) is 0 Å². The van der Waals surface area contributed by atoms with Crippen LogP contribution in [0, 0.1) is 5.82 Å². The van der Waals surface area contributed by atoms with Crippen molar-refractivity contribution in [3.63, 3.8) is 0 Å². The quantitative estimate of drug-likeness (QED) is 0.696. The minimum Gasteiger partial charge on any atom is -0.383 e. The third kappa shape index (κ3) is 6.00. The highest BCUT2D eigenvalue weighted by Crippen LogP contribution is 2.19. The maximum Gasteiger partial charge on any atom is 0.233 e. The number of nitrogens with zero attached hydrogens (tertiary/aromatic N) is 2. The van der Waals surface area contributed by atoms with Crippen LogP contribution in [0.5, 0.6) is 0 Å². The molecule has 0 spiro atoms. The summed E-state index contributed by atoms with van der Waals surface area (Å²) in [6.45, 7) is 1.54. The molecule has 0 aliphatic rings. The maximum absolute atomic E-state index is 12.9. The molecule has 6 heteroatoms. The fourth-order valence-electron chi connectivity index (χ4n) is 1.97. The van der Waals surface area contributed by atoms with E-state index in [0.717, 1.165) is 10.5 Å². The molecule has 4 nitrogen and oxygen atoms in total. The Balaban J connectivity index is 1.94. The zero-order valence-electron chi connectivity index (χ0n) is 12.9. The normalized spacial score (nSPS) is 10.5. The zero-order valence-corrected chi connectivity index (χ0v) is 13.8. The summed E-state index contributed by atoms with van der Waals surface area (Å²) in [4.78, 5) is 19.1. The lowest BCUT2D eigenvalue weighted by Crippen LogP contribution is -2.34. The average molecular weight is 334 g/mol. The Morgan fingerprint density at radius 3 is 2.57 bits per heavy atom. The Morgan fingerprint density at radius 1 is 1.22 bits per heavy atom. The predicted octanol–water partition coefficient (Wildman–Crippen LogP) is 2.99. The largest absolute Gasteiger partial charge is 0.383 e. The minimum absolute atomic E-state index is 0.0215. The molecule has 0 saturated heterocycles. The molecule has 0 saturated carbocycles. The van der Waals surface area contributed by atoms with Crippen molar-refractivity contribution in [2.75, 3.05) is 26.0 Å². The van der Waals surface area contributed by atoms with E-state index in [0.29, 0.717) is 25.4 Å². The molecule has 0 N–H and O–H groups in total. The number of rotatable bonds is 8. The number of carbonyl (C=O) groups is 1. The first kappa shape index (κ1) is 17.4. The molecule has 2 aromatic rings. The van der Waals surface area contributed by atoms with Crippen LogP contribution in [0.25, 0.3) is 0 Å². The van der Waals surface area contributed by atoms with Crippen LogP contribution in [-0.4, -0.2) is 41.8 Å². The van der Waals surface area contributed by atoms with Crippen LogP contribution < -0.4 is 0 Å². The van der Waals surface area contributed by atoms with Gasteiger partial charge in [0.25, 0.3) is 0 Å². The molecule has 23 heavy (non-hydrogen) atoms. The summed E-state index contributed by atoms with van der Waals surface area (Å²) in [5.74, 6) is 0.0498. The van der Waals surface area contributed by atoms with Gasteiger partial charge < -0.3 is 9.64 Å². The number of amides is 1. The monoisotopic (exact) mass is 334 g/mol. The van der Waals surface area contributed by atoms with Crippen molar-refractivity contribution in [1.82, 2.24) is 9.88 Å². The highest BCUT2D eigenvalue weighted by atomic mass is 32.2. The van der Waals surface area contributed by atoms with E-state index in [9.17, 15) is 9.18 Å². The summed E-state index contributed by atoms with van der Waals surface area (Å²) >= 11 is 1.40. The van der Waals surface area contributed by atoms with Crippen molar-refractivity contribution >= 4 is 17.7 Å². The summed E-state index contributed by atoms with van der Waals surface area (Å²) in [6.07, 6.45) is 3.42. The topological polar surface area (TPSA) is 42.4 Å². The van der Waals surface area contributed by atoms with E-state index in [-0.39, 0.29) is 11.7 Å². The van der Waals surface area contributed by atoms with Crippen molar-refractivity contribution < 1.29 is 13.9 Å². The van der Waals surface area contributed by atoms with E-state index in [4.69, 9.17) is 4.74 Å². The van der Waals surface area contributed by atoms with Crippen LogP contribution in [0.3, 0.4) is 0 Å². The molecule has 1 aromatic carbocycles. The zero-order chi connectivity index (χ0) is 16.5. The van der Waals surface area contributed by atoms with Gasteiger partial charge in [0.2, 0.25) is 5.91 Å². The molecule has 0 bridgehead atoms. The molecule has 0 unspecified atom stereocenters. The summed E-state index contributed by atoms with van der Waals surface area (Å²) in [5, 5.41) is 0. The van der Waals surface area contributed by atoms with Gasteiger partial charge in [-0.05, 0) is 42.0 Å². The molecule has 1 aromatic heterocycles. The van der Waals surface area contributed by atoms with Gasteiger partial charge >= 0.3 is 0 Å². The lowest BCUT2D eigenvalue weighted by Gasteiger charge is -2.22. The third-order valence-electron chi connectivity index (χ3n) is 3.22. The summed E-state index contributed by atoms with van der Waals surface area (Å²) in [7, 11) is 1.61. The van der Waals surface area contributed by atoms with Gasteiger partial charge in [0.1, 0.15) is 5.82 Å². The van der Waals surface area contributed by atoms with Crippen LogP contribution >= 0.6 is 11.8 Å². The number of methoxy groups -OCH3 is 1. The maximum atomic E-state index is 12.9. The number of benzene rings is 1. The van der Waals surface area contributed by atoms with Crippen LogP contribution in [0.15, 0.2) is 53.7 Å². The number of pyridine rings is 1. The standard InChI is InChI=1S/C17H19FN2O2S/c1-22-11-10-20(12-14-6-8-19-9-7-14)17(21)13-23-16-4-2-15(18)3-5-16/h2-9H,10-13H2,1H3. The first-order valence-corrected chi connectivity index (χ1v) is 8.21. The molecule has 1 amide bonds. The molecule has 0 radical (unpaired) electrons. The van der Waals surface area contributed by atoms with Crippen LogP contribution in [-0.2, 0) is 16.1 Å². The Hall–Kier alpha value is -1.92. The van der Waals surface area contributed by atoms with E-state index < -0.39 is 0 Å². The van der Waals surface area contributed by atoms with E-state index in [1.807, 2.05) is 12.1 Å². The first-order chi connectivity index (χ1) is 11.2. The number of hydrogen-bond donors (Lipinski definition) is 0. The highest BCUT2D eigenvalue weighted by molar-refractivity contribution is 8.00. The summed E-state index contributed by atoms with van der Waals surface area (Å²) in [5.41, 5.74) is 1.02.